The molecule has 0 amide bonds. The van der Waals surface area contributed by atoms with Gasteiger partial charge in [0.25, 0.3) is 0 Å². The van der Waals surface area contributed by atoms with Crippen molar-refractivity contribution >= 4 is 32.1 Å². The summed E-state index contributed by atoms with van der Waals surface area (Å²) in [6.45, 7) is 3.43. The number of rotatable bonds is 4. The second-order valence-electron chi connectivity index (χ2n) is 6.60. The zero-order chi connectivity index (χ0) is 17.6. The minimum Gasteiger partial charge on any atom is -0.381 e. The lowest BCUT2D eigenvalue weighted by molar-refractivity contribution is 0.104. The predicted octanol–water partition coefficient (Wildman–Crippen LogP) is 1.86. The topological polar surface area (TPSA) is 76.6 Å². The molecular formula is C17H18N2O4S2. The van der Waals surface area contributed by atoms with Crippen molar-refractivity contribution in [3.8, 4) is 0 Å². The number of carbonyl (C=O) groups is 1. The quantitative estimate of drug-likeness (QED) is 0.756. The van der Waals surface area contributed by atoms with Gasteiger partial charge in [-0.15, -0.1) is 0 Å². The van der Waals surface area contributed by atoms with E-state index >= 15 is 0 Å². The van der Waals surface area contributed by atoms with E-state index < -0.39 is 9.84 Å². The number of hydrogen-bond acceptors (Lipinski definition) is 7. The number of benzene rings is 1. The molecule has 0 unspecified atom stereocenters. The van der Waals surface area contributed by atoms with Crippen molar-refractivity contribution in [1.29, 1.82) is 0 Å². The lowest BCUT2D eigenvalue weighted by Crippen LogP contribution is -2.21. The van der Waals surface area contributed by atoms with Crippen LogP contribution in [0.3, 0.4) is 0 Å². The van der Waals surface area contributed by atoms with Gasteiger partial charge in [0.1, 0.15) is 0 Å². The highest BCUT2D eigenvalue weighted by atomic mass is 32.2. The fourth-order valence-electron chi connectivity index (χ4n) is 3.37. The summed E-state index contributed by atoms with van der Waals surface area (Å²) >= 11 is 1.36. The van der Waals surface area contributed by atoms with Gasteiger partial charge in [0.15, 0.2) is 15.0 Å². The Balaban J connectivity index is 1.55. The van der Waals surface area contributed by atoms with Gasteiger partial charge in [0, 0.05) is 36.7 Å². The molecule has 2 aliphatic heterocycles. The molecule has 0 aliphatic carbocycles. The number of thiazole rings is 1. The number of sulfone groups is 1. The SMILES string of the molecule is CS(=O)(=O)c1cccc(C(=O)c2cnc(N3C[C@H]4COC[C@H]4C3)s2)c1. The normalized spacial score (nSPS) is 23.0. The molecule has 2 fully saturated rings. The number of nitrogens with zero attached hydrogens (tertiary/aromatic N) is 2. The Kier molecular flexibility index (Phi) is 4.13. The van der Waals surface area contributed by atoms with Gasteiger partial charge in [-0.3, -0.25) is 4.79 Å². The van der Waals surface area contributed by atoms with E-state index in [-0.39, 0.29) is 10.7 Å². The maximum Gasteiger partial charge on any atom is 0.204 e. The average Bonchev–Trinajstić information content (AvgIpc) is 3.28. The number of carbonyl (C=O) groups excluding carboxylic acids is 1. The molecule has 2 atom stereocenters. The van der Waals surface area contributed by atoms with Gasteiger partial charge in [-0.2, -0.15) is 0 Å². The minimum atomic E-state index is -3.34. The van der Waals surface area contributed by atoms with Gasteiger partial charge < -0.3 is 9.64 Å². The van der Waals surface area contributed by atoms with Crippen LogP contribution in [0.15, 0.2) is 35.4 Å². The molecule has 8 heteroatoms. The van der Waals surface area contributed by atoms with Gasteiger partial charge in [-0.25, -0.2) is 13.4 Å². The van der Waals surface area contributed by atoms with Crippen LogP contribution in [0, 0.1) is 11.8 Å². The smallest absolute Gasteiger partial charge is 0.204 e. The molecule has 0 radical (unpaired) electrons. The third kappa shape index (κ3) is 3.21. The first-order valence-electron chi connectivity index (χ1n) is 8.05. The van der Waals surface area contributed by atoms with Crippen LogP contribution in [0.5, 0.6) is 0 Å². The van der Waals surface area contributed by atoms with E-state index in [1.54, 1.807) is 18.3 Å². The minimum absolute atomic E-state index is 0.149. The third-order valence-corrected chi connectivity index (χ3v) is 6.92. The van der Waals surface area contributed by atoms with E-state index in [0.29, 0.717) is 22.3 Å². The van der Waals surface area contributed by atoms with Crippen molar-refractivity contribution in [3.63, 3.8) is 0 Å². The number of hydrogen-bond donors (Lipinski definition) is 0. The first-order valence-corrected chi connectivity index (χ1v) is 10.8. The molecular weight excluding hydrogens is 360 g/mol. The fourth-order valence-corrected chi connectivity index (χ4v) is 4.93. The summed E-state index contributed by atoms with van der Waals surface area (Å²) in [5.41, 5.74) is 0.366. The third-order valence-electron chi connectivity index (χ3n) is 4.75. The summed E-state index contributed by atoms with van der Waals surface area (Å²) in [5, 5.41) is 0.844. The molecule has 0 spiro atoms. The second kappa shape index (κ2) is 6.19. The molecule has 2 aromatic rings. The Morgan fingerprint density at radius 2 is 2.00 bits per heavy atom. The van der Waals surface area contributed by atoms with E-state index in [0.717, 1.165) is 37.7 Å². The Labute approximate surface area is 150 Å². The molecule has 1 aromatic heterocycles. The monoisotopic (exact) mass is 378 g/mol. The van der Waals surface area contributed by atoms with Gasteiger partial charge in [0.05, 0.1) is 29.2 Å². The summed E-state index contributed by atoms with van der Waals surface area (Å²) in [6.07, 6.45) is 2.72. The van der Waals surface area contributed by atoms with Gasteiger partial charge in [0.2, 0.25) is 5.78 Å². The standard InChI is InChI=1S/C17H18N2O4S2/c1-25(21,22)14-4-2-3-11(5-14)16(20)15-6-18-17(24-15)19-7-12-9-23-10-13(12)8-19/h2-6,12-13H,7-10H2,1H3/t12-,13+. The Morgan fingerprint density at radius 3 is 2.68 bits per heavy atom. The van der Waals surface area contributed by atoms with Crippen LogP contribution >= 0.6 is 11.3 Å². The van der Waals surface area contributed by atoms with Crippen molar-refractivity contribution in [2.75, 3.05) is 37.5 Å². The molecule has 0 bridgehead atoms. The Hall–Kier alpha value is -1.77. The largest absolute Gasteiger partial charge is 0.381 e. The average molecular weight is 378 g/mol. The molecule has 1 aromatic carbocycles. The Morgan fingerprint density at radius 1 is 1.28 bits per heavy atom. The second-order valence-corrected chi connectivity index (χ2v) is 9.62. The van der Waals surface area contributed by atoms with E-state index in [1.165, 1.54) is 23.5 Å². The molecule has 25 heavy (non-hydrogen) atoms. The van der Waals surface area contributed by atoms with Crippen molar-refractivity contribution in [1.82, 2.24) is 4.98 Å². The van der Waals surface area contributed by atoms with Crippen LogP contribution in [0.25, 0.3) is 0 Å². The lowest BCUT2D eigenvalue weighted by Gasteiger charge is -2.15. The molecule has 2 aliphatic rings. The van der Waals surface area contributed by atoms with E-state index in [1.807, 2.05) is 0 Å². The molecule has 4 rings (SSSR count). The number of anilines is 1. The van der Waals surface area contributed by atoms with Gasteiger partial charge in [-0.05, 0) is 12.1 Å². The van der Waals surface area contributed by atoms with Crippen molar-refractivity contribution < 1.29 is 17.9 Å². The summed E-state index contributed by atoms with van der Waals surface area (Å²) < 4.78 is 28.8. The molecule has 2 saturated heterocycles. The fraction of sp³-hybridized carbons (Fsp3) is 0.412. The lowest BCUT2D eigenvalue weighted by atomic mass is 10.0. The highest BCUT2D eigenvalue weighted by Crippen LogP contribution is 2.34. The van der Waals surface area contributed by atoms with Crippen LogP contribution in [0.4, 0.5) is 5.13 Å². The van der Waals surface area contributed by atoms with Gasteiger partial charge in [-0.1, -0.05) is 23.5 Å². The summed E-state index contributed by atoms with van der Waals surface area (Å²) in [7, 11) is -3.34. The van der Waals surface area contributed by atoms with Crippen molar-refractivity contribution in [3.05, 3.63) is 40.9 Å². The molecule has 132 valence electrons. The summed E-state index contributed by atoms with van der Waals surface area (Å²) in [5.74, 6) is 0.904. The molecule has 0 N–H and O–H groups in total. The zero-order valence-corrected chi connectivity index (χ0v) is 15.3. The van der Waals surface area contributed by atoms with Crippen LogP contribution in [-0.4, -0.2) is 51.7 Å². The van der Waals surface area contributed by atoms with Crippen LogP contribution in [-0.2, 0) is 14.6 Å². The van der Waals surface area contributed by atoms with E-state index in [2.05, 4.69) is 9.88 Å². The van der Waals surface area contributed by atoms with Crippen LogP contribution in [0.1, 0.15) is 15.2 Å². The number of fused-ring (bicyclic) bond motifs is 1. The number of ketones is 1. The van der Waals surface area contributed by atoms with Gasteiger partial charge >= 0.3 is 0 Å². The first-order chi connectivity index (χ1) is 11.9. The highest BCUT2D eigenvalue weighted by molar-refractivity contribution is 7.90. The molecule has 3 heterocycles. The predicted molar refractivity (Wildman–Crippen MR) is 95.1 cm³/mol. The number of aromatic nitrogens is 1. The summed E-state index contributed by atoms with van der Waals surface area (Å²) in [4.78, 5) is 20.0. The van der Waals surface area contributed by atoms with Crippen molar-refractivity contribution in [2.45, 2.75) is 4.90 Å². The highest BCUT2D eigenvalue weighted by Gasteiger charge is 2.38. The molecule has 6 nitrogen and oxygen atoms in total. The Bertz CT molecular complexity index is 910. The first kappa shape index (κ1) is 16.7. The maximum absolute atomic E-state index is 12.7. The van der Waals surface area contributed by atoms with Crippen molar-refractivity contribution in [2.24, 2.45) is 11.8 Å². The van der Waals surface area contributed by atoms with E-state index in [9.17, 15) is 13.2 Å². The number of ether oxygens (including phenoxy) is 1. The zero-order valence-electron chi connectivity index (χ0n) is 13.7. The van der Waals surface area contributed by atoms with E-state index in [4.69, 9.17) is 4.74 Å². The van der Waals surface area contributed by atoms with Crippen LogP contribution in [0.2, 0.25) is 0 Å². The molecule has 0 saturated carbocycles. The van der Waals surface area contributed by atoms with Crippen LogP contribution < -0.4 is 4.90 Å². The summed E-state index contributed by atoms with van der Waals surface area (Å²) in [6, 6.07) is 6.14. The maximum atomic E-state index is 12.7.